The van der Waals surface area contributed by atoms with Gasteiger partial charge >= 0.3 is 0 Å². The molecule has 0 aliphatic rings. The highest BCUT2D eigenvalue weighted by molar-refractivity contribution is 7.21. The number of nitrogen functional groups attached to an aromatic ring is 4. The van der Waals surface area contributed by atoms with Gasteiger partial charge in [0.2, 0.25) is 68.1 Å². The fourth-order valence-corrected chi connectivity index (χ4v) is 8.44. The lowest BCUT2D eigenvalue weighted by Crippen LogP contribution is -2.06. The Kier molecular flexibility index (Phi) is 25.8. The van der Waals surface area contributed by atoms with E-state index in [0.29, 0.717) is 35.7 Å². The van der Waals surface area contributed by atoms with E-state index in [1.807, 2.05) is 142 Å². The second kappa shape index (κ2) is 31.6. The van der Waals surface area contributed by atoms with Crippen molar-refractivity contribution >= 4 is 113 Å². The fourth-order valence-electron chi connectivity index (χ4n) is 5.41. The lowest BCUT2D eigenvalue weighted by Gasteiger charge is -2.01. The van der Waals surface area contributed by atoms with Gasteiger partial charge in [0, 0.05) is 49.3 Å². The topological polar surface area (TPSA) is 327 Å². The molecule has 0 atom stereocenters. The zero-order valence-corrected chi connectivity index (χ0v) is 46.1. The molecule has 0 bridgehead atoms. The molecular weight excluding hydrogens is 993 g/mol. The van der Waals surface area contributed by atoms with Crippen LogP contribution in [0.5, 0.6) is 0 Å². The van der Waals surface area contributed by atoms with Gasteiger partial charge in [0.15, 0.2) is 0 Å². The van der Waals surface area contributed by atoms with Crippen LogP contribution in [0, 0.1) is 0 Å². The fraction of sp³-hybridized carbons (Fsp3) is 0.364. The van der Waals surface area contributed by atoms with Crippen LogP contribution in [0.1, 0.15) is 83.1 Å². The van der Waals surface area contributed by atoms with Crippen LogP contribution in [0.25, 0.3) is 41.0 Å². The molecule has 12 N–H and O–H groups in total. The molecule has 72 heavy (non-hydrogen) atoms. The lowest BCUT2D eigenvalue weighted by molar-refractivity contribution is 0.870. The molecular formula is C44H68N24S4. The van der Waals surface area contributed by atoms with Crippen molar-refractivity contribution in [2.75, 3.05) is 70.4 Å². The van der Waals surface area contributed by atoms with E-state index in [0.717, 1.165) is 67.1 Å². The molecule has 0 amide bonds. The average Bonchev–Trinajstić information content (AvgIpc) is 4.27. The standard InChI is InChI=1S/2C11H12N6S.2C7H10N6S.4C2H6/c2*1-2-13-10-15-9(12)17(16-10)11-14-7-5-3-4-6-8(7)18-11;2*1-2-9-6-11-5(8)12-13(6)7-10-3-4-14-7;4*1-2/h2*3-6H,2H2,1H3,(H3,12,13,15,16);2*3-4H,2H2,1H3,(H3,8,9,11,12);4*1-2H3. The summed E-state index contributed by atoms with van der Waals surface area (Å²) in [4.78, 5) is 33.6. The molecule has 0 saturated carbocycles. The summed E-state index contributed by atoms with van der Waals surface area (Å²) in [5, 5.41) is 35.5. The summed E-state index contributed by atoms with van der Waals surface area (Å²) in [5.74, 6) is 3.46. The minimum atomic E-state index is 0.246. The molecule has 2 aromatic carbocycles. The number of hydrogen-bond donors (Lipinski definition) is 8. The average molecular weight is 1060 g/mol. The van der Waals surface area contributed by atoms with Crippen LogP contribution in [-0.2, 0) is 0 Å². The van der Waals surface area contributed by atoms with Gasteiger partial charge in [-0.1, -0.05) is 102 Å². The van der Waals surface area contributed by atoms with E-state index in [1.165, 1.54) is 45.3 Å². The maximum Gasteiger partial charge on any atom is 0.244 e. The highest BCUT2D eigenvalue weighted by Gasteiger charge is 2.15. The maximum atomic E-state index is 5.84. The van der Waals surface area contributed by atoms with Crippen LogP contribution in [0.4, 0.5) is 47.6 Å². The number of para-hydroxylation sites is 2. The Labute approximate surface area is 435 Å². The first-order chi connectivity index (χ1) is 35.2. The first kappa shape index (κ1) is 58.8. The molecule has 388 valence electrons. The SMILES string of the molecule is CC.CC.CC.CC.CCNc1nc(N)n(-c2nc3ccccc3s2)n1.CCNc1nc(N)n(-c2nc3ccccc3s2)n1.CCNc1nc(N)nn1-c1nccs1.CCNc1nc(N)nn1-c1nccs1. The zero-order chi connectivity index (χ0) is 53.0. The molecule has 10 aromatic rings. The van der Waals surface area contributed by atoms with Crippen molar-refractivity contribution in [1.82, 2.24) is 79.0 Å². The van der Waals surface area contributed by atoms with Crippen LogP contribution >= 0.6 is 45.3 Å². The number of nitrogens with two attached hydrogens (primary N) is 4. The molecule has 0 saturated heterocycles. The Morgan fingerprint density at radius 3 is 1.11 bits per heavy atom. The Hall–Kier alpha value is -7.56. The number of rotatable bonds is 12. The predicted octanol–water partition coefficient (Wildman–Crippen LogP) is 9.36. The van der Waals surface area contributed by atoms with Crippen molar-refractivity contribution in [3.8, 4) is 20.5 Å². The third-order valence-corrected chi connectivity index (χ3v) is 11.5. The number of aromatic nitrogens is 16. The molecule has 24 nitrogen and oxygen atoms in total. The third-order valence-electron chi connectivity index (χ3n) is 7.98. The molecule has 0 aliphatic carbocycles. The highest BCUT2D eigenvalue weighted by atomic mass is 32.1. The van der Waals surface area contributed by atoms with Crippen molar-refractivity contribution in [2.45, 2.75) is 83.1 Å². The van der Waals surface area contributed by atoms with E-state index in [9.17, 15) is 0 Å². The normalized spacial score (nSPS) is 9.83. The molecule has 0 unspecified atom stereocenters. The number of benzene rings is 2. The number of fused-ring (bicyclic) bond motifs is 2. The largest absolute Gasteiger partial charge is 0.368 e. The van der Waals surface area contributed by atoms with Gasteiger partial charge in [0.05, 0.1) is 20.4 Å². The number of thiazole rings is 4. The predicted molar refractivity (Wildman–Crippen MR) is 303 cm³/mol. The third kappa shape index (κ3) is 16.2. The van der Waals surface area contributed by atoms with Gasteiger partial charge in [-0.25, -0.2) is 19.9 Å². The smallest absolute Gasteiger partial charge is 0.244 e. The minimum absolute atomic E-state index is 0.246. The van der Waals surface area contributed by atoms with E-state index in [1.54, 1.807) is 31.1 Å². The number of anilines is 8. The monoisotopic (exact) mass is 1060 g/mol. The summed E-state index contributed by atoms with van der Waals surface area (Å²) in [6.07, 6.45) is 3.43. The molecule has 0 radical (unpaired) electrons. The van der Waals surface area contributed by atoms with Crippen molar-refractivity contribution in [1.29, 1.82) is 0 Å². The quantitative estimate of drug-likeness (QED) is 0.0564. The van der Waals surface area contributed by atoms with Crippen LogP contribution < -0.4 is 44.2 Å². The van der Waals surface area contributed by atoms with Crippen LogP contribution in [0.3, 0.4) is 0 Å². The van der Waals surface area contributed by atoms with E-state index in [4.69, 9.17) is 22.9 Å². The van der Waals surface area contributed by atoms with Crippen LogP contribution in [-0.4, -0.2) is 105 Å². The minimum Gasteiger partial charge on any atom is -0.368 e. The van der Waals surface area contributed by atoms with Gasteiger partial charge in [0.1, 0.15) is 0 Å². The molecule has 10 rings (SSSR count). The second-order valence-corrected chi connectivity index (χ2v) is 16.3. The molecule has 0 spiro atoms. The van der Waals surface area contributed by atoms with Gasteiger partial charge in [-0.05, 0) is 52.0 Å². The highest BCUT2D eigenvalue weighted by Crippen LogP contribution is 2.27. The summed E-state index contributed by atoms with van der Waals surface area (Å²) >= 11 is 6.04. The van der Waals surface area contributed by atoms with Crippen molar-refractivity contribution < 1.29 is 0 Å². The van der Waals surface area contributed by atoms with Crippen LogP contribution in [0.15, 0.2) is 71.7 Å². The lowest BCUT2D eigenvalue weighted by atomic mass is 10.3. The van der Waals surface area contributed by atoms with E-state index >= 15 is 0 Å². The molecule has 8 aromatic heterocycles. The summed E-state index contributed by atoms with van der Waals surface area (Å²) < 4.78 is 8.53. The van der Waals surface area contributed by atoms with Gasteiger partial charge in [0.25, 0.3) is 0 Å². The first-order valence-corrected chi connectivity index (χ1v) is 26.9. The van der Waals surface area contributed by atoms with Crippen LogP contribution in [0.2, 0.25) is 0 Å². The second-order valence-electron chi connectivity index (χ2n) is 12.5. The Balaban J connectivity index is 0.000000243. The zero-order valence-electron chi connectivity index (χ0n) is 42.9. The number of nitrogens with one attached hydrogen (secondary N) is 4. The molecule has 0 aliphatic heterocycles. The number of hydrogen-bond acceptors (Lipinski definition) is 24. The molecule has 0 fully saturated rings. The number of nitrogens with zero attached hydrogens (tertiary/aromatic N) is 16. The molecule has 8 heterocycles. The van der Waals surface area contributed by atoms with Gasteiger partial charge < -0.3 is 44.2 Å². The Morgan fingerprint density at radius 2 is 0.792 bits per heavy atom. The summed E-state index contributed by atoms with van der Waals surface area (Å²) in [6, 6.07) is 15.9. The van der Waals surface area contributed by atoms with Gasteiger partial charge in [-0.2, -0.15) is 38.7 Å². The van der Waals surface area contributed by atoms with E-state index in [-0.39, 0.29) is 11.9 Å². The Bertz CT molecular complexity index is 2710. The van der Waals surface area contributed by atoms with Crippen molar-refractivity contribution in [3.63, 3.8) is 0 Å². The van der Waals surface area contributed by atoms with E-state index in [2.05, 4.69) is 81.5 Å². The first-order valence-electron chi connectivity index (χ1n) is 23.5. The van der Waals surface area contributed by atoms with Crippen molar-refractivity contribution in [2.24, 2.45) is 0 Å². The van der Waals surface area contributed by atoms with E-state index < -0.39 is 0 Å². The van der Waals surface area contributed by atoms with Gasteiger partial charge in [-0.15, -0.1) is 43.1 Å². The molecule has 28 heteroatoms. The summed E-state index contributed by atoms with van der Waals surface area (Å²) in [7, 11) is 0. The summed E-state index contributed by atoms with van der Waals surface area (Å²) in [6.45, 7) is 27.0. The van der Waals surface area contributed by atoms with Gasteiger partial charge in [-0.3, -0.25) is 0 Å². The maximum absolute atomic E-state index is 5.84. The summed E-state index contributed by atoms with van der Waals surface area (Å²) in [5.41, 5.74) is 24.6. The Morgan fingerprint density at radius 1 is 0.431 bits per heavy atom. The van der Waals surface area contributed by atoms with Crippen molar-refractivity contribution in [3.05, 3.63) is 71.7 Å².